The van der Waals surface area contributed by atoms with Crippen molar-refractivity contribution in [3.8, 4) is 11.3 Å². The van der Waals surface area contributed by atoms with Crippen molar-refractivity contribution in [2.75, 3.05) is 0 Å². The molecule has 0 radical (unpaired) electrons. The molecule has 2 heterocycles. The van der Waals surface area contributed by atoms with Gasteiger partial charge in [-0.25, -0.2) is 0 Å². The van der Waals surface area contributed by atoms with Gasteiger partial charge < -0.3 is 0 Å². The number of pyridine rings is 2. The average Bonchev–Trinajstić information content (AvgIpc) is 2.30. The summed E-state index contributed by atoms with van der Waals surface area (Å²) in [5.74, 6) is 0.617. The van der Waals surface area contributed by atoms with Crippen molar-refractivity contribution in [3.63, 3.8) is 0 Å². The van der Waals surface area contributed by atoms with Crippen LogP contribution in [0.1, 0.15) is 19.5 Å². The zero-order chi connectivity index (χ0) is 12.3. The average molecular weight is 247 g/mol. The van der Waals surface area contributed by atoms with E-state index in [1.807, 2.05) is 30.5 Å². The fourth-order valence-corrected chi connectivity index (χ4v) is 1.93. The second kappa shape index (κ2) is 5.28. The number of hydrogen-bond acceptors (Lipinski definition) is 2. The zero-order valence-corrected chi connectivity index (χ0v) is 10.8. The molecule has 2 aromatic heterocycles. The molecule has 0 saturated carbocycles. The molecule has 88 valence electrons. The maximum absolute atomic E-state index is 6.09. The maximum Gasteiger partial charge on any atom is 0.0903 e. The molecule has 3 heteroatoms. The van der Waals surface area contributed by atoms with Crippen molar-refractivity contribution in [2.24, 2.45) is 5.92 Å². The summed E-state index contributed by atoms with van der Waals surface area (Å²) >= 11 is 6.09. The van der Waals surface area contributed by atoms with E-state index in [9.17, 15) is 0 Å². The van der Waals surface area contributed by atoms with Crippen LogP contribution in [-0.4, -0.2) is 9.97 Å². The molecule has 2 rings (SSSR count). The number of halogens is 1. The Balaban J connectivity index is 2.27. The first-order valence-corrected chi connectivity index (χ1v) is 6.10. The predicted molar refractivity (Wildman–Crippen MR) is 71.0 cm³/mol. The maximum atomic E-state index is 6.09. The lowest BCUT2D eigenvalue weighted by atomic mass is 10.1. The van der Waals surface area contributed by atoms with E-state index < -0.39 is 0 Å². The van der Waals surface area contributed by atoms with Crippen LogP contribution in [0, 0.1) is 5.92 Å². The monoisotopic (exact) mass is 246 g/mol. The van der Waals surface area contributed by atoms with E-state index in [-0.39, 0.29) is 0 Å². The van der Waals surface area contributed by atoms with Crippen LogP contribution in [0.25, 0.3) is 11.3 Å². The van der Waals surface area contributed by atoms with Gasteiger partial charge in [-0.2, -0.15) is 0 Å². The molecule has 2 nitrogen and oxygen atoms in total. The summed E-state index contributed by atoms with van der Waals surface area (Å²) in [7, 11) is 0. The van der Waals surface area contributed by atoms with Gasteiger partial charge in [0.05, 0.1) is 10.7 Å². The fourth-order valence-electron chi connectivity index (χ4n) is 1.70. The Morgan fingerprint density at radius 2 is 2.00 bits per heavy atom. The lowest BCUT2D eigenvalue weighted by Crippen LogP contribution is -1.97. The van der Waals surface area contributed by atoms with E-state index in [0.717, 1.165) is 23.4 Å². The molecule has 0 spiro atoms. The first kappa shape index (κ1) is 12.1. The smallest absolute Gasteiger partial charge is 0.0903 e. The Labute approximate surface area is 107 Å². The minimum absolute atomic E-state index is 0.617. The highest BCUT2D eigenvalue weighted by Crippen LogP contribution is 2.24. The summed E-state index contributed by atoms with van der Waals surface area (Å²) < 4.78 is 0. The van der Waals surface area contributed by atoms with Crippen LogP contribution in [-0.2, 0) is 6.42 Å². The second-order valence-electron chi connectivity index (χ2n) is 4.47. The third-order valence-electron chi connectivity index (χ3n) is 2.47. The molecule has 0 aliphatic carbocycles. The summed E-state index contributed by atoms with van der Waals surface area (Å²) in [5.41, 5.74) is 2.86. The van der Waals surface area contributed by atoms with E-state index in [4.69, 9.17) is 11.6 Å². The quantitative estimate of drug-likeness (QED) is 0.818. The van der Waals surface area contributed by atoms with Crippen LogP contribution < -0.4 is 0 Å². The largest absolute Gasteiger partial charge is 0.261 e. The Kier molecular flexibility index (Phi) is 3.75. The van der Waals surface area contributed by atoms with Crippen LogP contribution in [0.3, 0.4) is 0 Å². The van der Waals surface area contributed by atoms with Crippen molar-refractivity contribution in [1.82, 2.24) is 9.97 Å². The van der Waals surface area contributed by atoms with Gasteiger partial charge in [-0.3, -0.25) is 9.97 Å². The molecule has 0 unspecified atom stereocenters. The first-order chi connectivity index (χ1) is 8.16. The topological polar surface area (TPSA) is 25.8 Å². The lowest BCUT2D eigenvalue weighted by molar-refractivity contribution is 0.635. The van der Waals surface area contributed by atoms with Gasteiger partial charge in [-0.05, 0) is 36.6 Å². The Morgan fingerprint density at radius 3 is 2.59 bits per heavy atom. The molecular formula is C14H15ClN2. The third kappa shape index (κ3) is 3.04. The summed E-state index contributed by atoms with van der Waals surface area (Å²) in [6, 6.07) is 7.73. The minimum Gasteiger partial charge on any atom is -0.261 e. The van der Waals surface area contributed by atoms with Gasteiger partial charge in [0, 0.05) is 23.7 Å². The lowest BCUT2D eigenvalue weighted by Gasteiger charge is -2.06. The van der Waals surface area contributed by atoms with Crippen molar-refractivity contribution in [2.45, 2.75) is 20.3 Å². The van der Waals surface area contributed by atoms with E-state index in [0.29, 0.717) is 10.9 Å². The van der Waals surface area contributed by atoms with Gasteiger partial charge in [-0.15, -0.1) is 0 Å². The SMILES string of the molecule is CC(C)Cc1ccc(-c2ncccc2Cl)cn1. The number of nitrogens with zero attached hydrogens (tertiary/aromatic N) is 2. The minimum atomic E-state index is 0.617. The fraction of sp³-hybridized carbons (Fsp3) is 0.286. The van der Waals surface area contributed by atoms with Crippen LogP contribution in [0.15, 0.2) is 36.7 Å². The standard InChI is InChI=1S/C14H15ClN2/c1-10(2)8-12-6-5-11(9-17-12)14-13(15)4-3-7-16-14/h3-7,9-10H,8H2,1-2H3. The van der Waals surface area contributed by atoms with E-state index in [1.54, 1.807) is 6.20 Å². The molecule has 0 fully saturated rings. The molecule has 0 atom stereocenters. The van der Waals surface area contributed by atoms with Crippen molar-refractivity contribution < 1.29 is 0 Å². The predicted octanol–water partition coefficient (Wildman–Crippen LogP) is 4.00. The van der Waals surface area contributed by atoms with Crippen LogP contribution in [0.2, 0.25) is 5.02 Å². The molecule has 0 aliphatic rings. The van der Waals surface area contributed by atoms with Gasteiger partial charge in [0.2, 0.25) is 0 Å². The van der Waals surface area contributed by atoms with Gasteiger partial charge in [0.25, 0.3) is 0 Å². The normalized spacial score (nSPS) is 10.8. The second-order valence-corrected chi connectivity index (χ2v) is 4.88. The zero-order valence-electron chi connectivity index (χ0n) is 10.0. The Hall–Kier alpha value is -1.41. The van der Waals surface area contributed by atoms with Crippen LogP contribution in [0.5, 0.6) is 0 Å². The first-order valence-electron chi connectivity index (χ1n) is 5.72. The highest BCUT2D eigenvalue weighted by atomic mass is 35.5. The summed E-state index contributed by atoms with van der Waals surface area (Å²) in [4.78, 5) is 8.70. The van der Waals surface area contributed by atoms with Crippen molar-refractivity contribution in [3.05, 3.63) is 47.4 Å². The highest BCUT2D eigenvalue weighted by molar-refractivity contribution is 6.32. The Bertz CT molecular complexity index is 492. The van der Waals surface area contributed by atoms with E-state index in [1.165, 1.54) is 0 Å². The highest BCUT2D eigenvalue weighted by Gasteiger charge is 2.05. The molecule has 17 heavy (non-hydrogen) atoms. The van der Waals surface area contributed by atoms with Gasteiger partial charge >= 0.3 is 0 Å². The number of aromatic nitrogens is 2. The molecule has 0 amide bonds. The molecule has 0 aromatic carbocycles. The Morgan fingerprint density at radius 1 is 1.18 bits per heavy atom. The van der Waals surface area contributed by atoms with E-state index >= 15 is 0 Å². The number of rotatable bonds is 3. The van der Waals surface area contributed by atoms with Gasteiger partial charge in [0.1, 0.15) is 0 Å². The van der Waals surface area contributed by atoms with Gasteiger partial charge in [0.15, 0.2) is 0 Å². The molecule has 0 saturated heterocycles. The van der Waals surface area contributed by atoms with Crippen LogP contribution >= 0.6 is 11.6 Å². The summed E-state index contributed by atoms with van der Waals surface area (Å²) in [6.07, 6.45) is 4.57. The molecule has 2 aromatic rings. The van der Waals surface area contributed by atoms with Crippen molar-refractivity contribution >= 4 is 11.6 Å². The number of hydrogen-bond donors (Lipinski definition) is 0. The molecule has 0 bridgehead atoms. The summed E-state index contributed by atoms with van der Waals surface area (Å²) in [5, 5.41) is 0.658. The summed E-state index contributed by atoms with van der Waals surface area (Å²) in [6.45, 7) is 4.37. The van der Waals surface area contributed by atoms with E-state index in [2.05, 4.69) is 23.8 Å². The third-order valence-corrected chi connectivity index (χ3v) is 2.78. The molecule has 0 N–H and O–H groups in total. The van der Waals surface area contributed by atoms with Crippen molar-refractivity contribution in [1.29, 1.82) is 0 Å². The van der Waals surface area contributed by atoms with Gasteiger partial charge in [-0.1, -0.05) is 25.4 Å². The molecular weight excluding hydrogens is 232 g/mol. The van der Waals surface area contributed by atoms with Crippen LogP contribution in [0.4, 0.5) is 0 Å². The molecule has 0 aliphatic heterocycles.